The smallest absolute Gasteiger partial charge is 0.287 e. The lowest BCUT2D eigenvalue weighted by Crippen LogP contribution is -2.26. The molecule has 1 heterocycles. The third-order valence-corrected chi connectivity index (χ3v) is 3.00. The zero-order valence-electron chi connectivity index (χ0n) is 12.1. The number of hydrogen-bond acceptors (Lipinski definition) is 3. The molecule has 0 unspecified atom stereocenters. The second-order valence-electron chi connectivity index (χ2n) is 5.11. The maximum absolute atomic E-state index is 11.8. The highest BCUT2D eigenvalue weighted by Gasteiger charge is 2.11. The minimum absolute atomic E-state index is 0.207. The second kappa shape index (κ2) is 7.18. The average Bonchev–Trinajstić information content (AvgIpc) is 2.93. The third-order valence-electron chi connectivity index (χ3n) is 2.75. The standard InChI is InChI=1S/C16H18ClNO3/c1-11(2)9-18-16(19)15-8-7-14(21-15)10-20-13-5-3-12(17)4-6-13/h3-8,11H,9-10H2,1-2H3,(H,18,19). The Kier molecular flexibility index (Phi) is 5.28. The number of carbonyl (C=O) groups is 1. The molecule has 2 aromatic rings. The summed E-state index contributed by atoms with van der Waals surface area (Å²) in [6, 6.07) is 10.5. The minimum Gasteiger partial charge on any atom is -0.486 e. The first-order valence-electron chi connectivity index (χ1n) is 6.80. The van der Waals surface area contributed by atoms with E-state index in [1.54, 1.807) is 36.4 Å². The van der Waals surface area contributed by atoms with Crippen molar-refractivity contribution in [2.75, 3.05) is 6.54 Å². The fourth-order valence-corrected chi connectivity index (χ4v) is 1.77. The van der Waals surface area contributed by atoms with Gasteiger partial charge in [0.05, 0.1) is 0 Å². The molecule has 1 aromatic heterocycles. The van der Waals surface area contributed by atoms with Gasteiger partial charge < -0.3 is 14.5 Å². The van der Waals surface area contributed by atoms with E-state index in [4.69, 9.17) is 20.8 Å². The maximum atomic E-state index is 11.8. The molecule has 112 valence electrons. The number of furan rings is 1. The van der Waals surface area contributed by atoms with Crippen molar-refractivity contribution >= 4 is 17.5 Å². The van der Waals surface area contributed by atoms with Crippen molar-refractivity contribution in [3.63, 3.8) is 0 Å². The van der Waals surface area contributed by atoms with Crippen molar-refractivity contribution in [3.05, 3.63) is 52.9 Å². The Morgan fingerprint density at radius 3 is 2.62 bits per heavy atom. The molecular formula is C16H18ClNO3. The molecule has 0 saturated carbocycles. The van der Waals surface area contributed by atoms with Gasteiger partial charge in [0.1, 0.15) is 18.1 Å². The fraction of sp³-hybridized carbons (Fsp3) is 0.312. The van der Waals surface area contributed by atoms with Crippen LogP contribution in [-0.4, -0.2) is 12.5 Å². The Morgan fingerprint density at radius 1 is 1.24 bits per heavy atom. The van der Waals surface area contributed by atoms with E-state index in [0.717, 1.165) is 0 Å². The van der Waals surface area contributed by atoms with Crippen LogP contribution in [0.2, 0.25) is 5.02 Å². The molecule has 0 aliphatic heterocycles. The van der Waals surface area contributed by atoms with Crippen LogP contribution >= 0.6 is 11.6 Å². The molecule has 5 heteroatoms. The predicted molar refractivity (Wildman–Crippen MR) is 81.7 cm³/mol. The van der Waals surface area contributed by atoms with Crippen LogP contribution in [0.4, 0.5) is 0 Å². The van der Waals surface area contributed by atoms with Crippen molar-refractivity contribution in [2.45, 2.75) is 20.5 Å². The van der Waals surface area contributed by atoms with Gasteiger partial charge in [0.15, 0.2) is 5.76 Å². The largest absolute Gasteiger partial charge is 0.486 e. The lowest BCUT2D eigenvalue weighted by atomic mass is 10.2. The molecule has 0 fully saturated rings. The van der Waals surface area contributed by atoms with Crippen LogP contribution in [0, 0.1) is 5.92 Å². The fourth-order valence-electron chi connectivity index (χ4n) is 1.65. The van der Waals surface area contributed by atoms with Crippen molar-refractivity contribution < 1.29 is 13.9 Å². The van der Waals surface area contributed by atoms with E-state index in [0.29, 0.717) is 34.8 Å². The van der Waals surface area contributed by atoms with Crippen LogP contribution in [0.15, 0.2) is 40.8 Å². The molecule has 4 nitrogen and oxygen atoms in total. The van der Waals surface area contributed by atoms with Crippen LogP contribution in [0.5, 0.6) is 5.75 Å². The summed E-state index contributed by atoms with van der Waals surface area (Å²) >= 11 is 5.80. The normalized spacial score (nSPS) is 10.7. The lowest BCUT2D eigenvalue weighted by Gasteiger charge is -2.06. The first kappa shape index (κ1) is 15.4. The Hall–Kier alpha value is -1.94. The predicted octanol–water partition coefficient (Wildman–Crippen LogP) is 3.90. The van der Waals surface area contributed by atoms with Crippen molar-refractivity contribution in [1.29, 1.82) is 0 Å². The van der Waals surface area contributed by atoms with Crippen molar-refractivity contribution in [3.8, 4) is 5.75 Å². The first-order chi connectivity index (χ1) is 10.0. The number of hydrogen-bond donors (Lipinski definition) is 1. The maximum Gasteiger partial charge on any atom is 0.287 e. The molecule has 0 saturated heterocycles. The van der Waals surface area contributed by atoms with E-state index < -0.39 is 0 Å². The number of nitrogens with one attached hydrogen (secondary N) is 1. The monoisotopic (exact) mass is 307 g/mol. The van der Waals surface area contributed by atoms with Crippen LogP contribution < -0.4 is 10.1 Å². The molecule has 0 bridgehead atoms. The number of carbonyl (C=O) groups excluding carboxylic acids is 1. The molecule has 21 heavy (non-hydrogen) atoms. The van der Waals surface area contributed by atoms with Gasteiger partial charge in [-0.2, -0.15) is 0 Å². The summed E-state index contributed by atoms with van der Waals surface area (Å²) in [4.78, 5) is 11.8. The van der Waals surface area contributed by atoms with Gasteiger partial charge in [-0.3, -0.25) is 4.79 Å². The zero-order chi connectivity index (χ0) is 15.2. The Labute approximate surface area is 129 Å². The molecular weight excluding hydrogens is 290 g/mol. The highest BCUT2D eigenvalue weighted by Crippen LogP contribution is 2.17. The van der Waals surface area contributed by atoms with Crippen molar-refractivity contribution in [1.82, 2.24) is 5.32 Å². The summed E-state index contributed by atoms with van der Waals surface area (Å²) < 4.78 is 11.0. The van der Waals surface area contributed by atoms with E-state index in [2.05, 4.69) is 5.32 Å². The Morgan fingerprint density at radius 2 is 1.95 bits per heavy atom. The molecule has 2 rings (SSSR count). The van der Waals surface area contributed by atoms with Gasteiger partial charge >= 0.3 is 0 Å². The highest BCUT2D eigenvalue weighted by molar-refractivity contribution is 6.30. The summed E-state index contributed by atoms with van der Waals surface area (Å²) in [6.07, 6.45) is 0. The van der Waals surface area contributed by atoms with Crippen LogP contribution in [0.3, 0.4) is 0 Å². The molecule has 0 aliphatic rings. The Bertz CT molecular complexity index is 590. The quantitative estimate of drug-likeness (QED) is 0.880. The summed E-state index contributed by atoms with van der Waals surface area (Å²) in [7, 11) is 0. The van der Waals surface area contributed by atoms with Crippen LogP contribution in [0.1, 0.15) is 30.2 Å². The van der Waals surface area contributed by atoms with E-state index >= 15 is 0 Å². The molecule has 0 atom stereocenters. The molecule has 0 aliphatic carbocycles. The van der Waals surface area contributed by atoms with E-state index in [-0.39, 0.29) is 12.5 Å². The van der Waals surface area contributed by atoms with E-state index in [1.807, 2.05) is 13.8 Å². The van der Waals surface area contributed by atoms with Gasteiger partial charge in [0.2, 0.25) is 0 Å². The second-order valence-corrected chi connectivity index (χ2v) is 5.55. The third kappa shape index (κ3) is 4.83. The topological polar surface area (TPSA) is 51.5 Å². The molecule has 1 amide bonds. The Balaban J connectivity index is 1.88. The molecule has 0 radical (unpaired) electrons. The SMILES string of the molecule is CC(C)CNC(=O)c1ccc(COc2ccc(Cl)cc2)o1. The van der Waals surface area contributed by atoms with Gasteiger partial charge in [0.25, 0.3) is 5.91 Å². The number of benzene rings is 1. The van der Waals surface area contributed by atoms with Crippen LogP contribution in [0.25, 0.3) is 0 Å². The summed E-state index contributed by atoms with van der Waals surface area (Å²) in [6.45, 7) is 4.96. The van der Waals surface area contributed by atoms with Gasteiger partial charge in [-0.05, 0) is 42.3 Å². The summed E-state index contributed by atoms with van der Waals surface area (Å²) in [5.41, 5.74) is 0. The van der Waals surface area contributed by atoms with Gasteiger partial charge in [0, 0.05) is 11.6 Å². The molecule has 1 N–H and O–H groups in total. The first-order valence-corrected chi connectivity index (χ1v) is 7.17. The van der Waals surface area contributed by atoms with Gasteiger partial charge in [-0.15, -0.1) is 0 Å². The van der Waals surface area contributed by atoms with E-state index in [1.165, 1.54) is 0 Å². The summed E-state index contributed by atoms with van der Waals surface area (Å²) in [5.74, 6) is 1.78. The lowest BCUT2D eigenvalue weighted by molar-refractivity contribution is 0.0917. The minimum atomic E-state index is -0.207. The van der Waals surface area contributed by atoms with Crippen molar-refractivity contribution in [2.24, 2.45) is 5.92 Å². The van der Waals surface area contributed by atoms with E-state index in [9.17, 15) is 4.79 Å². The molecule has 1 aromatic carbocycles. The molecule has 0 spiro atoms. The van der Waals surface area contributed by atoms with Gasteiger partial charge in [-0.25, -0.2) is 0 Å². The average molecular weight is 308 g/mol. The van der Waals surface area contributed by atoms with Gasteiger partial charge in [-0.1, -0.05) is 25.4 Å². The number of rotatable bonds is 6. The summed E-state index contributed by atoms with van der Waals surface area (Å²) in [5, 5.41) is 3.46. The number of halogens is 1. The highest BCUT2D eigenvalue weighted by atomic mass is 35.5. The van der Waals surface area contributed by atoms with Crippen LogP contribution in [-0.2, 0) is 6.61 Å². The zero-order valence-corrected chi connectivity index (χ0v) is 12.8. The number of amides is 1. The number of ether oxygens (including phenoxy) is 1.